The molecule has 1 atom stereocenters. The molecule has 3 N–H and O–H groups in total. The van der Waals surface area contributed by atoms with Crippen LogP contribution in [0.3, 0.4) is 0 Å². The Morgan fingerprint density at radius 2 is 2.55 bits per heavy atom. The largest absolute Gasteiger partial charge is 0.396 e. The minimum atomic E-state index is -0.0798. The second-order valence-corrected chi connectivity index (χ2v) is 4.47. The van der Waals surface area contributed by atoms with Crippen LogP contribution in [-0.4, -0.2) is 16.7 Å². The van der Waals surface area contributed by atoms with Crippen molar-refractivity contribution in [3.8, 4) is 0 Å². The molecule has 0 saturated carbocycles. The van der Waals surface area contributed by atoms with Gasteiger partial charge in [0.05, 0.1) is 0 Å². The number of thiazole rings is 1. The Morgan fingerprint density at radius 3 is 3.00 bits per heavy atom. The fourth-order valence-electron chi connectivity index (χ4n) is 0.717. The first-order chi connectivity index (χ1) is 5.24. The molecule has 1 aromatic rings. The molecule has 0 aliphatic rings. The van der Waals surface area contributed by atoms with Crippen molar-refractivity contribution in [2.45, 2.75) is 12.5 Å². The monoisotopic (exact) mass is 236 g/mol. The third kappa shape index (κ3) is 2.52. The molecule has 0 bridgehead atoms. The molecule has 5 heteroatoms. The van der Waals surface area contributed by atoms with E-state index in [1.54, 1.807) is 6.20 Å². The second-order valence-electron chi connectivity index (χ2n) is 2.13. The summed E-state index contributed by atoms with van der Waals surface area (Å²) in [5, 5.41) is 8.60. The van der Waals surface area contributed by atoms with E-state index in [0.29, 0.717) is 6.42 Å². The van der Waals surface area contributed by atoms with E-state index in [0.717, 1.165) is 8.79 Å². The Morgan fingerprint density at radius 1 is 1.82 bits per heavy atom. The normalized spacial score (nSPS) is 13.4. The highest BCUT2D eigenvalue weighted by Gasteiger charge is 2.07. The Hall–Kier alpha value is 0.0300. The van der Waals surface area contributed by atoms with Crippen LogP contribution >= 0.6 is 27.3 Å². The van der Waals surface area contributed by atoms with Gasteiger partial charge in [-0.15, -0.1) is 11.3 Å². The molecule has 0 amide bonds. The van der Waals surface area contributed by atoms with E-state index in [2.05, 4.69) is 20.9 Å². The van der Waals surface area contributed by atoms with Crippen LogP contribution in [0.4, 0.5) is 0 Å². The van der Waals surface area contributed by atoms with Crippen LogP contribution in [0.1, 0.15) is 17.3 Å². The molecule has 62 valence electrons. The predicted octanol–water partition coefficient (Wildman–Crippen LogP) is 1.29. The first-order valence-corrected chi connectivity index (χ1v) is 4.82. The molecule has 3 nitrogen and oxygen atoms in total. The van der Waals surface area contributed by atoms with E-state index in [-0.39, 0.29) is 12.6 Å². The zero-order valence-electron chi connectivity index (χ0n) is 5.83. The quantitative estimate of drug-likeness (QED) is 0.832. The van der Waals surface area contributed by atoms with E-state index in [4.69, 9.17) is 10.8 Å². The summed E-state index contributed by atoms with van der Waals surface area (Å²) in [6.07, 6.45) is 2.32. The summed E-state index contributed by atoms with van der Waals surface area (Å²) >= 11 is 4.75. The lowest BCUT2D eigenvalue weighted by Crippen LogP contribution is -2.09. The zero-order chi connectivity index (χ0) is 8.27. The van der Waals surface area contributed by atoms with Crippen molar-refractivity contribution in [3.63, 3.8) is 0 Å². The second kappa shape index (κ2) is 4.15. The van der Waals surface area contributed by atoms with Crippen LogP contribution in [0.15, 0.2) is 10.1 Å². The van der Waals surface area contributed by atoms with Gasteiger partial charge in [-0.25, -0.2) is 4.98 Å². The molecular formula is C6H9BrN2OS. The molecule has 0 aliphatic carbocycles. The lowest BCUT2D eigenvalue weighted by molar-refractivity contribution is 0.277. The van der Waals surface area contributed by atoms with E-state index >= 15 is 0 Å². The summed E-state index contributed by atoms with van der Waals surface area (Å²) in [5.41, 5.74) is 5.71. The molecule has 0 aromatic carbocycles. The van der Waals surface area contributed by atoms with E-state index in [1.807, 2.05) is 0 Å². The third-order valence-electron chi connectivity index (χ3n) is 1.30. The third-order valence-corrected chi connectivity index (χ3v) is 2.91. The number of hydrogen-bond acceptors (Lipinski definition) is 4. The molecule has 0 radical (unpaired) electrons. The summed E-state index contributed by atoms with van der Waals surface area (Å²) in [6.45, 7) is 0.122. The lowest BCUT2D eigenvalue weighted by atomic mass is 10.2. The molecule has 1 unspecified atom stereocenters. The summed E-state index contributed by atoms with van der Waals surface area (Å²) in [7, 11) is 0. The van der Waals surface area contributed by atoms with Crippen molar-refractivity contribution < 1.29 is 5.11 Å². The van der Waals surface area contributed by atoms with Gasteiger partial charge in [0.2, 0.25) is 0 Å². The minimum absolute atomic E-state index is 0.0798. The van der Waals surface area contributed by atoms with E-state index < -0.39 is 0 Å². The molecule has 1 heterocycles. The van der Waals surface area contributed by atoms with Gasteiger partial charge < -0.3 is 10.8 Å². The van der Waals surface area contributed by atoms with Crippen LogP contribution in [0.2, 0.25) is 0 Å². The fourth-order valence-corrected chi connectivity index (χ4v) is 2.05. The van der Waals surface area contributed by atoms with Crippen molar-refractivity contribution >= 4 is 27.3 Å². The van der Waals surface area contributed by atoms with Gasteiger partial charge in [0, 0.05) is 23.7 Å². The van der Waals surface area contributed by atoms with Crippen LogP contribution in [0.5, 0.6) is 0 Å². The Labute approximate surface area is 77.4 Å². The van der Waals surface area contributed by atoms with E-state index in [9.17, 15) is 0 Å². The summed E-state index contributed by atoms with van der Waals surface area (Å²) in [6, 6.07) is -0.0798. The van der Waals surface area contributed by atoms with Crippen LogP contribution in [0.25, 0.3) is 0 Å². The van der Waals surface area contributed by atoms with Gasteiger partial charge in [-0.1, -0.05) is 0 Å². The minimum Gasteiger partial charge on any atom is -0.396 e. The number of rotatable bonds is 3. The average molecular weight is 237 g/mol. The SMILES string of the molecule is NC(CCO)c1cnc(Br)s1. The molecule has 0 fully saturated rings. The number of aliphatic hydroxyl groups is 1. The lowest BCUT2D eigenvalue weighted by Gasteiger charge is -2.04. The number of aliphatic hydroxyl groups excluding tert-OH is 1. The Kier molecular flexibility index (Phi) is 3.45. The molecule has 0 aliphatic heterocycles. The van der Waals surface area contributed by atoms with Gasteiger partial charge in [-0.05, 0) is 22.4 Å². The van der Waals surface area contributed by atoms with Gasteiger partial charge in [0.15, 0.2) is 3.92 Å². The van der Waals surface area contributed by atoms with E-state index in [1.165, 1.54) is 11.3 Å². The maximum absolute atomic E-state index is 8.60. The number of aromatic nitrogens is 1. The van der Waals surface area contributed by atoms with Gasteiger partial charge in [0.25, 0.3) is 0 Å². The predicted molar refractivity (Wildman–Crippen MR) is 48.4 cm³/mol. The topological polar surface area (TPSA) is 59.1 Å². The smallest absolute Gasteiger partial charge is 0.159 e. The van der Waals surface area contributed by atoms with Crippen molar-refractivity contribution in [3.05, 3.63) is 15.0 Å². The number of nitrogens with two attached hydrogens (primary N) is 1. The highest BCUT2D eigenvalue weighted by Crippen LogP contribution is 2.24. The first kappa shape index (κ1) is 9.12. The van der Waals surface area contributed by atoms with Crippen molar-refractivity contribution in [2.75, 3.05) is 6.61 Å². The molecule has 11 heavy (non-hydrogen) atoms. The standard InChI is InChI=1S/C6H9BrN2OS/c7-6-9-3-5(11-6)4(8)1-2-10/h3-4,10H,1-2,8H2. The first-order valence-electron chi connectivity index (χ1n) is 3.21. The zero-order valence-corrected chi connectivity index (χ0v) is 8.23. The van der Waals surface area contributed by atoms with Crippen LogP contribution in [-0.2, 0) is 0 Å². The number of nitrogens with zero attached hydrogens (tertiary/aromatic N) is 1. The molecule has 0 spiro atoms. The average Bonchev–Trinajstić information content (AvgIpc) is 2.36. The maximum atomic E-state index is 8.60. The fraction of sp³-hybridized carbons (Fsp3) is 0.500. The van der Waals surface area contributed by atoms with Crippen LogP contribution in [0, 0.1) is 0 Å². The van der Waals surface area contributed by atoms with Crippen LogP contribution < -0.4 is 5.73 Å². The Bertz CT molecular complexity index is 228. The highest BCUT2D eigenvalue weighted by atomic mass is 79.9. The van der Waals surface area contributed by atoms with Gasteiger partial charge in [0.1, 0.15) is 0 Å². The maximum Gasteiger partial charge on any atom is 0.159 e. The molecular weight excluding hydrogens is 228 g/mol. The van der Waals surface area contributed by atoms with Crippen molar-refractivity contribution in [1.29, 1.82) is 0 Å². The molecule has 1 aromatic heterocycles. The number of halogens is 1. The van der Waals surface area contributed by atoms with Gasteiger partial charge >= 0.3 is 0 Å². The van der Waals surface area contributed by atoms with Gasteiger partial charge in [-0.2, -0.15) is 0 Å². The summed E-state index contributed by atoms with van der Waals surface area (Å²) in [5.74, 6) is 0. The Balaban J connectivity index is 2.60. The van der Waals surface area contributed by atoms with Crippen molar-refractivity contribution in [2.24, 2.45) is 5.73 Å². The van der Waals surface area contributed by atoms with Crippen molar-refractivity contribution in [1.82, 2.24) is 4.98 Å². The molecule has 0 saturated heterocycles. The summed E-state index contributed by atoms with van der Waals surface area (Å²) in [4.78, 5) is 5.00. The highest BCUT2D eigenvalue weighted by molar-refractivity contribution is 9.11. The summed E-state index contributed by atoms with van der Waals surface area (Å²) < 4.78 is 0.834. The number of hydrogen-bond donors (Lipinski definition) is 2. The molecule has 1 rings (SSSR count). The van der Waals surface area contributed by atoms with Gasteiger partial charge in [-0.3, -0.25) is 0 Å².